The van der Waals surface area contributed by atoms with Gasteiger partial charge in [0.1, 0.15) is 17.7 Å². The number of rotatable bonds is 2. The Balaban J connectivity index is 2.05. The minimum atomic E-state index is -1.09. The monoisotopic (exact) mass is 310 g/mol. The quantitative estimate of drug-likeness (QED) is 0.712. The number of hydrogen-bond donors (Lipinski definition) is 1. The van der Waals surface area contributed by atoms with E-state index in [0.717, 1.165) is 10.8 Å². The van der Waals surface area contributed by atoms with Crippen LogP contribution in [-0.4, -0.2) is 5.11 Å². The van der Waals surface area contributed by atoms with Crippen molar-refractivity contribution >= 4 is 33.0 Å². The summed E-state index contributed by atoms with van der Waals surface area (Å²) >= 11 is 6.99. The maximum Gasteiger partial charge on any atom is 0.130 e. The zero-order chi connectivity index (χ0) is 14.3. The van der Waals surface area contributed by atoms with Crippen LogP contribution in [0.15, 0.2) is 42.5 Å². The number of aliphatic hydroxyl groups is 1. The van der Waals surface area contributed by atoms with Crippen LogP contribution in [0.5, 0.6) is 0 Å². The van der Waals surface area contributed by atoms with E-state index in [1.165, 1.54) is 35.6 Å². The topological polar surface area (TPSA) is 20.2 Å². The molecule has 1 unspecified atom stereocenters. The van der Waals surface area contributed by atoms with E-state index in [2.05, 4.69) is 0 Å². The van der Waals surface area contributed by atoms with Crippen molar-refractivity contribution in [3.05, 3.63) is 69.6 Å². The third kappa shape index (κ3) is 2.42. The van der Waals surface area contributed by atoms with Crippen molar-refractivity contribution in [1.29, 1.82) is 0 Å². The summed E-state index contributed by atoms with van der Waals surface area (Å²) in [6.45, 7) is 0. The third-order valence-corrected chi connectivity index (χ3v) is 4.43. The molecule has 5 heteroatoms. The second-order valence-electron chi connectivity index (χ2n) is 4.40. The van der Waals surface area contributed by atoms with Gasteiger partial charge in [0.25, 0.3) is 0 Å². The fraction of sp³-hybridized carbons (Fsp3) is 0.0667. The first-order chi connectivity index (χ1) is 9.54. The van der Waals surface area contributed by atoms with Crippen molar-refractivity contribution in [3.8, 4) is 0 Å². The molecule has 1 N–H and O–H groups in total. The predicted octanol–water partition coefficient (Wildman–Crippen LogP) is 4.91. The predicted molar refractivity (Wildman–Crippen MR) is 77.3 cm³/mol. The molecule has 102 valence electrons. The number of fused-ring (bicyclic) bond motifs is 1. The Labute approximate surface area is 123 Å². The van der Waals surface area contributed by atoms with E-state index in [4.69, 9.17) is 11.6 Å². The first-order valence-corrected chi connectivity index (χ1v) is 7.06. The van der Waals surface area contributed by atoms with Crippen LogP contribution in [0.1, 0.15) is 16.5 Å². The molecule has 0 fully saturated rings. The van der Waals surface area contributed by atoms with Gasteiger partial charge in [-0.3, -0.25) is 0 Å². The molecule has 0 bridgehead atoms. The molecule has 1 atom stereocenters. The van der Waals surface area contributed by atoms with Crippen LogP contribution in [-0.2, 0) is 0 Å². The van der Waals surface area contributed by atoms with Crippen molar-refractivity contribution in [1.82, 2.24) is 0 Å². The fourth-order valence-electron chi connectivity index (χ4n) is 2.05. The van der Waals surface area contributed by atoms with Gasteiger partial charge in [0.15, 0.2) is 0 Å². The Morgan fingerprint density at radius 3 is 2.60 bits per heavy atom. The average Bonchev–Trinajstić information content (AvgIpc) is 2.81. The van der Waals surface area contributed by atoms with Crippen molar-refractivity contribution in [2.24, 2.45) is 0 Å². The Kier molecular flexibility index (Phi) is 3.46. The molecule has 0 amide bonds. The number of aliphatic hydroxyl groups excluding tert-OH is 1. The second kappa shape index (κ2) is 5.13. The molecule has 2 aromatic carbocycles. The lowest BCUT2D eigenvalue weighted by molar-refractivity contribution is 0.219. The zero-order valence-electron chi connectivity index (χ0n) is 10.1. The van der Waals surface area contributed by atoms with Crippen LogP contribution >= 0.6 is 22.9 Å². The smallest absolute Gasteiger partial charge is 0.130 e. The van der Waals surface area contributed by atoms with Gasteiger partial charge in [-0.15, -0.1) is 11.3 Å². The molecule has 20 heavy (non-hydrogen) atoms. The molecular weight excluding hydrogens is 302 g/mol. The van der Waals surface area contributed by atoms with Crippen molar-refractivity contribution in [2.75, 3.05) is 0 Å². The van der Waals surface area contributed by atoms with E-state index >= 15 is 0 Å². The third-order valence-electron chi connectivity index (χ3n) is 3.02. The highest BCUT2D eigenvalue weighted by atomic mass is 35.5. The lowest BCUT2D eigenvalue weighted by atomic mass is 10.1. The minimum absolute atomic E-state index is 0.154. The Hall–Kier alpha value is -1.49. The normalized spacial score (nSPS) is 12.8. The molecule has 1 heterocycles. The molecular formula is C15H9ClF2OS. The molecule has 1 nitrogen and oxygen atoms in total. The van der Waals surface area contributed by atoms with Crippen molar-refractivity contribution in [3.63, 3.8) is 0 Å². The number of hydrogen-bond acceptors (Lipinski definition) is 2. The van der Waals surface area contributed by atoms with Crippen molar-refractivity contribution < 1.29 is 13.9 Å². The van der Waals surface area contributed by atoms with Gasteiger partial charge in [-0.1, -0.05) is 17.7 Å². The van der Waals surface area contributed by atoms with Gasteiger partial charge >= 0.3 is 0 Å². The van der Waals surface area contributed by atoms with Crippen LogP contribution in [0.4, 0.5) is 8.78 Å². The average molecular weight is 311 g/mol. The highest BCUT2D eigenvalue weighted by Gasteiger charge is 2.18. The lowest BCUT2D eigenvalue weighted by Gasteiger charge is -2.10. The first kappa shape index (κ1) is 13.5. The SMILES string of the molecule is OC(c1cc2cc(F)ccc2s1)c1ccc(Cl)cc1F. The van der Waals surface area contributed by atoms with Crippen LogP contribution in [0.25, 0.3) is 10.1 Å². The van der Waals surface area contributed by atoms with E-state index in [0.29, 0.717) is 10.3 Å². The van der Waals surface area contributed by atoms with Gasteiger partial charge < -0.3 is 5.11 Å². The number of thiophene rings is 1. The molecule has 0 aliphatic heterocycles. The molecule has 0 radical (unpaired) electrons. The Bertz CT molecular complexity index is 785. The molecule has 0 spiro atoms. The van der Waals surface area contributed by atoms with Crippen LogP contribution in [0.3, 0.4) is 0 Å². The van der Waals surface area contributed by atoms with Gasteiger partial charge in [0.05, 0.1) is 0 Å². The largest absolute Gasteiger partial charge is 0.383 e. The van der Waals surface area contributed by atoms with Crippen LogP contribution < -0.4 is 0 Å². The van der Waals surface area contributed by atoms with Crippen LogP contribution in [0, 0.1) is 11.6 Å². The summed E-state index contributed by atoms with van der Waals surface area (Å²) in [5.74, 6) is -0.900. The molecule has 0 aliphatic carbocycles. The van der Waals surface area contributed by atoms with Gasteiger partial charge in [-0.25, -0.2) is 8.78 Å². The summed E-state index contributed by atoms with van der Waals surface area (Å²) in [4.78, 5) is 0.562. The molecule has 0 aliphatic rings. The summed E-state index contributed by atoms with van der Waals surface area (Å²) in [7, 11) is 0. The van der Waals surface area contributed by atoms with E-state index in [-0.39, 0.29) is 16.4 Å². The summed E-state index contributed by atoms with van der Waals surface area (Å²) in [5.41, 5.74) is 0.154. The Morgan fingerprint density at radius 2 is 1.85 bits per heavy atom. The van der Waals surface area contributed by atoms with E-state index in [9.17, 15) is 13.9 Å². The van der Waals surface area contributed by atoms with E-state index in [1.807, 2.05) is 0 Å². The molecule has 3 aromatic rings. The highest BCUT2D eigenvalue weighted by molar-refractivity contribution is 7.19. The number of halogens is 3. The summed E-state index contributed by atoms with van der Waals surface area (Å²) in [6, 6.07) is 10.2. The molecule has 0 saturated heterocycles. The summed E-state index contributed by atoms with van der Waals surface area (Å²) in [6.07, 6.45) is -1.09. The fourth-order valence-corrected chi connectivity index (χ4v) is 3.26. The second-order valence-corrected chi connectivity index (χ2v) is 5.95. The molecule has 3 rings (SSSR count). The number of benzene rings is 2. The van der Waals surface area contributed by atoms with Gasteiger partial charge in [0, 0.05) is 20.2 Å². The van der Waals surface area contributed by atoms with Gasteiger partial charge in [-0.05, 0) is 41.8 Å². The molecule has 0 saturated carbocycles. The standard InChI is InChI=1S/C15H9ClF2OS/c16-9-1-3-11(12(18)7-9)15(19)14-6-8-5-10(17)2-4-13(8)20-14/h1-7,15,19H. The van der Waals surface area contributed by atoms with Gasteiger partial charge in [0.2, 0.25) is 0 Å². The van der Waals surface area contributed by atoms with Crippen molar-refractivity contribution in [2.45, 2.75) is 6.10 Å². The van der Waals surface area contributed by atoms with E-state index < -0.39 is 11.9 Å². The molecule has 1 aromatic heterocycles. The lowest BCUT2D eigenvalue weighted by Crippen LogP contribution is -2.00. The highest BCUT2D eigenvalue weighted by Crippen LogP contribution is 2.34. The summed E-state index contributed by atoms with van der Waals surface area (Å²) < 4.78 is 27.8. The first-order valence-electron chi connectivity index (χ1n) is 5.86. The van der Waals surface area contributed by atoms with Crippen LogP contribution in [0.2, 0.25) is 5.02 Å². The summed E-state index contributed by atoms with van der Waals surface area (Å²) in [5, 5.41) is 11.2. The maximum atomic E-state index is 13.8. The minimum Gasteiger partial charge on any atom is -0.383 e. The van der Waals surface area contributed by atoms with E-state index in [1.54, 1.807) is 12.1 Å². The van der Waals surface area contributed by atoms with Gasteiger partial charge in [-0.2, -0.15) is 0 Å². The maximum absolute atomic E-state index is 13.8. The Morgan fingerprint density at radius 1 is 1.05 bits per heavy atom. The zero-order valence-corrected chi connectivity index (χ0v) is 11.7.